The largest absolute Gasteiger partial charge is 0.377 e. The van der Waals surface area contributed by atoms with Crippen molar-refractivity contribution in [1.29, 1.82) is 0 Å². The molecule has 0 heterocycles. The van der Waals surface area contributed by atoms with E-state index in [9.17, 15) is 4.39 Å². The molecule has 2 aromatic rings. The number of aryl methyl sites for hydroxylation is 1. The van der Waals surface area contributed by atoms with E-state index in [4.69, 9.17) is 11.6 Å². The van der Waals surface area contributed by atoms with Gasteiger partial charge in [-0.25, -0.2) is 4.39 Å². The SMILES string of the molecule is CCC(Nc1ccc(C)cc1Cl)c1ccccc1F. The van der Waals surface area contributed by atoms with Gasteiger partial charge in [0.05, 0.1) is 16.8 Å². The summed E-state index contributed by atoms with van der Waals surface area (Å²) in [6, 6.07) is 12.6. The van der Waals surface area contributed by atoms with Crippen molar-refractivity contribution in [2.45, 2.75) is 26.3 Å². The first kappa shape index (κ1) is 13.9. The fourth-order valence-electron chi connectivity index (χ4n) is 2.08. The van der Waals surface area contributed by atoms with E-state index in [-0.39, 0.29) is 11.9 Å². The number of rotatable bonds is 4. The first-order chi connectivity index (χ1) is 9.11. The molecule has 2 rings (SSSR count). The summed E-state index contributed by atoms with van der Waals surface area (Å²) in [5, 5.41) is 3.97. The van der Waals surface area contributed by atoms with Crippen molar-refractivity contribution in [3.05, 3.63) is 64.4 Å². The highest BCUT2D eigenvalue weighted by Crippen LogP contribution is 2.29. The Labute approximate surface area is 118 Å². The zero-order valence-corrected chi connectivity index (χ0v) is 11.8. The van der Waals surface area contributed by atoms with Gasteiger partial charge in [-0.2, -0.15) is 0 Å². The van der Waals surface area contributed by atoms with Crippen LogP contribution in [0, 0.1) is 12.7 Å². The van der Waals surface area contributed by atoms with Crippen molar-refractivity contribution < 1.29 is 4.39 Å². The Morgan fingerprint density at radius 2 is 1.95 bits per heavy atom. The summed E-state index contributed by atoms with van der Waals surface area (Å²) < 4.78 is 13.8. The van der Waals surface area contributed by atoms with Gasteiger partial charge in [-0.1, -0.05) is 42.8 Å². The molecular weight excluding hydrogens is 261 g/mol. The van der Waals surface area contributed by atoms with Gasteiger partial charge in [-0.05, 0) is 37.1 Å². The summed E-state index contributed by atoms with van der Waals surface area (Å²) in [5.41, 5.74) is 2.61. The Morgan fingerprint density at radius 3 is 2.58 bits per heavy atom. The second-order valence-electron chi connectivity index (χ2n) is 4.61. The van der Waals surface area contributed by atoms with Gasteiger partial charge in [0.25, 0.3) is 0 Å². The van der Waals surface area contributed by atoms with Crippen LogP contribution in [-0.4, -0.2) is 0 Å². The minimum absolute atomic E-state index is 0.0820. The summed E-state index contributed by atoms with van der Waals surface area (Å²) >= 11 is 6.20. The molecule has 2 aromatic carbocycles. The number of hydrogen-bond acceptors (Lipinski definition) is 1. The third kappa shape index (κ3) is 3.27. The molecule has 1 unspecified atom stereocenters. The van der Waals surface area contributed by atoms with Crippen LogP contribution < -0.4 is 5.32 Å². The number of halogens is 2. The molecule has 0 radical (unpaired) electrons. The van der Waals surface area contributed by atoms with Crippen molar-refractivity contribution in [3.63, 3.8) is 0 Å². The molecule has 0 aliphatic heterocycles. The summed E-state index contributed by atoms with van der Waals surface area (Å²) in [6.07, 6.45) is 0.783. The van der Waals surface area contributed by atoms with Crippen molar-refractivity contribution in [3.8, 4) is 0 Å². The molecule has 1 N–H and O–H groups in total. The van der Waals surface area contributed by atoms with Crippen molar-refractivity contribution in [1.82, 2.24) is 0 Å². The quantitative estimate of drug-likeness (QED) is 0.794. The molecule has 0 saturated heterocycles. The van der Waals surface area contributed by atoms with Crippen LogP contribution in [-0.2, 0) is 0 Å². The summed E-state index contributed by atoms with van der Waals surface area (Å²) in [6.45, 7) is 4.01. The van der Waals surface area contributed by atoms with Gasteiger partial charge in [-0.3, -0.25) is 0 Å². The third-order valence-electron chi connectivity index (χ3n) is 3.14. The van der Waals surface area contributed by atoms with E-state index in [2.05, 4.69) is 5.32 Å². The van der Waals surface area contributed by atoms with Crippen LogP contribution in [0.5, 0.6) is 0 Å². The zero-order valence-electron chi connectivity index (χ0n) is 11.1. The molecule has 0 bridgehead atoms. The van der Waals surface area contributed by atoms with Crippen molar-refractivity contribution in [2.75, 3.05) is 5.32 Å². The molecule has 3 heteroatoms. The number of benzene rings is 2. The predicted octanol–water partition coefficient (Wildman–Crippen LogP) is 5.35. The minimum atomic E-state index is -0.190. The smallest absolute Gasteiger partial charge is 0.128 e. The van der Waals surface area contributed by atoms with Crippen LogP contribution in [0.15, 0.2) is 42.5 Å². The monoisotopic (exact) mass is 277 g/mol. The third-order valence-corrected chi connectivity index (χ3v) is 3.46. The molecule has 0 spiro atoms. The fourth-order valence-corrected chi connectivity index (χ4v) is 2.37. The van der Waals surface area contributed by atoms with Gasteiger partial charge < -0.3 is 5.32 Å². The van der Waals surface area contributed by atoms with Gasteiger partial charge in [0, 0.05) is 5.56 Å². The Balaban J connectivity index is 2.27. The normalized spacial score (nSPS) is 12.2. The first-order valence-corrected chi connectivity index (χ1v) is 6.76. The van der Waals surface area contributed by atoms with E-state index < -0.39 is 0 Å². The summed E-state index contributed by atoms with van der Waals surface area (Å²) in [4.78, 5) is 0. The minimum Gasteiger partial charge on any atom is -0.377 e. The molecule has 0 amide bonds. The standard InChI is InChI=1S/C16H17ClFN/c1-3-15(12-6-4-5-7-14(12)18)19-16-9-8-11(2)10-13(16)17/h4-10,15,19H,3H2,1-2H3. The van der Waals surface area contributed by atoms with E-state index in [0.717, 1.165) is 17.7 Å². The van der Waals surface area contributed by atoms with Crippen LogP contribution >= 0.6 is 11.6 Å². The Hall–Kier alpha value is -1.54. The van der Waals surface area contributed by atoms with Gasteiger partial charge in [-0.15, -0.1) is 0 Å². The average Bonchev–Trinajstić information content (AvgIpc) is 2.39. The zero-order chi connectivity index (χ0) is 13.8. The summed E-state index contributed by atoms with van der Waals surface area (Å²) in [7, 11) is 0. The van der Waals surface area contributed by atoms with E-state index in [1.807, 2.05) is 38.1 Å². The second kappa shape index (κ2) is 6.07. The molecule has 0 saturated carbocycles. The van der Waals surface area contributed by atoms with Gasteiger partial charge in [0.2, 0.25) is 0 Å². The van der Waals surface area contributed by atoms with E-state index in [1.54, 1.807) is 12.1 Å². The average molecular weight is 278 g/mol. The van der Waals surface area contributed by atoms with Crippen molar-refractivity contribution >= 4 is 17.3 Å². The maximum Gasteiger partial charge on any atom is 0.128 e. The van der Waals surface area contributed by atoms with E-state index >= 15 is 0 Å². The van der Waals surface area contributed by atoms with Gasteiger partial charge in [0.1, 0.15) is 5.82 Å². The lowest BCUT2D eigenvalue weighted by molar-refractivity contribution is 0.587. The molecule has 0 aliphatic carbocycles. The molecule has 100 valence electrons. The lowest BCUT2D eigenvalue weighted by atomic mass is 10.0. The van der Waals surface area contributed by atoms with Gasteiger partial charge >= 0.3 is 0 Å². The topological polar surface area (TPSA) is 12.0 Å². The maximum atomic E-state index is 13.8. The predicted molar refractivity (Wildman–Crippen MR) is 79.2 cm³/mol. The molecule has 19 heavy (non-hydrogen) atoms. The van der Waals surface area contributed by atoms with Crippen LogP contribution in [0.2, 0.25) is 5.02 Å². The highest BCUT2D eigenvalue weighted by molar-refractivity contribution is 6.33. The van der Waals surface area contributed by atoms with Gasteiger partial charge in [0.15, 0.2) is 0 Å². The van der Waals surface area contributed by atoms with Crippen molar-refractivity contribution in [2.24, 2.45) is 0 Å². The molecule has 0 fully saturated rings. The fraction of sp³-hybridized carbons (Fsp3) is 0.250. The first-order valence-electron chi connectivity index (χ1n) is 6.39. The number of nitrogens with one attached hydrogen (secondary N) is 1. The highest BCUT2D eigenvalue weighted by atomic mass is 35.5. The van der Waals surface area contributed by atoms with Crippen LogP contribution in [0.3, 0.4) is 0 Å². The van der Waals surface area contributed by atoms with E-state index in [1.165, 1.54) is 6.07 Å². The molecular formula is C16H17ClFN. The number of hydrogen-bond donors (Lipinski definition) is 1. The molecule has 1 nitrogen and oxygen atoms in total. The Bertz CT molecular complexity index is 568. The molecule has 0 aromatic heterocycles. The molecule has 1 atom stereocenters. The Morgan fingerprint density at radius 1 is 1.21 bits per heavy atom. The molecule has 0 aliphatic rings. The lowest BCUT2D eigenvalue weighted by Gasteiger charge is -2.20. The van der Waals surface area contributed by atoms with Crippen LogP contribution in [0.1, 0.15) is 30.5 Å². The summed E-state index contributed by atoms with van der Waals surface area (Å²) in [5.74, 6) is -0.190. The highest BCUT2D eigenvalue weighted by Gasteiger charge is 2.14. The van der Waals surface area contributed by atoms with Crippen LogP contribution in [0.4, 0.5) is 10.1 Å². The lowest BCUT2D eigenvalue weighted by Crippen LogP contribution is -2.11. The number of anilines is 1. The maximum absolute atomic E-state index is 13.8. The van der Waals surface area contributed by atoms with E-state index in [0.29, 0.717) is 10.6 Å². The second-order valence-corrected chi connectivity index (χ2v) is 5.02. The Kier molecular flexibility index (Phi) is 4.43. The van der Waals surface area contributed by atoms with Crippen LogP contribution in [0.25, 0.3) is 0 Å².